The van der Waals surface area contributed by atoms with Crippen molar-refractivity contribution in [3.05, 3.63) is 59.7 Å². The first-order chi connectivity index (χ1) is 10.2. The molecule has 0 aliphatic rings. The first-order valence-corrected chi connectivity index (χ1v) is 9.84. The van der Waals surface area contributed by atoms with E-state index >= 15 is 0 Å². The second kappa shape index (κ2) is 6.48. The monoisotopic (exact) mass is 337 g/mol. The average Bonchev–Trinajstić information content (AvgIpc) is 2.37. The van der Waals surface area contributed by atoms with E-state index in [1.807, 2.05) is 83.1 Å². The quantitative estimate of drug-likeness (QED) is 0.588. The summed E-state index contributed by atoms with van der Waals surface area (Å²) >= 11 is 6.86. The molecule has 0 atom stereocenters. The minimum Gasteiger partial charge on any atom is -0.290 e. The van der Waals surface area contributed by atoms with E-state index in [9.17, 15) is 0 Å². The van der Waals surface area contributed by atoms with Crippen LogP contribution in [0.15, 0.2) is 48.5 Å². The highest BCUT2D eigenvalue weighted by atomic mass is 35.7. The normalized spacial score (nSPS) is 12.1. The van der Waals surface area contributed by atoms with Crippen LogP contribution in [0.1, 0.15) is 31.9 Å². The third-order valence-corrected chi connectivity index (χ3v) is 7.66. The number of hydrogen-bond acceptors (Lipinski definition) is 2. The van der Waals surface area contributed by atoms with Crippen molar-refractivity contribution in [2.75, 3.05) is 0 Å². The Morgan fingerprint density at radius 2 is 1.23 bits per heavy atom. The van der Waals surface area contributed by atoms with Gasteiger partial charge in [0.2, 0.25) is 0 Å². The van der Waals surface area contributed by atoms with Crippen molar-refractivity contribution in [2.24, 2.45) is 0 Å². The Morgan fingerprint density at radius 1 is 0.818 bits per heavy atom. The van der Waals surface area contributed by atoms with E-state index in [0.29, 0.717) is 0 Å². The van der Waals surface area contributed by atoms with E-state index < -0.39 is 7.07 Å². The molecule has 0 amide bonds. The first-order valence-electron chi connectivity index (χ1n) is 7.31. The third-order valence-electron chi connectivity index (χ3n) is 3.23. The topological polar surface area (TPSA) is 18.5 Å². The Bertz CT molecular complexity index is 602. The molecule has 0 radical (unpaired) electrons. The maximum absolute atomic E-state index is 6.86. The number of aryl methyl sites for hydroxylation is 2. The second-order valence-electron chi connectivity index (χ2n) is 6.47. The molecular formula is C18H23ClO2P+. The summed E-state index contributed by atoms with van der Waals surface area (Å²) in [5.41, 5.74) is 2.26. The second-order valence-corrected chi connectivity index (χ2v) is 10.5. The van der Waals surface area contributed by atoms with Gasteiger partial charge in [0, 0.05) is 0 Å². The van der Waals surface area contributed by atoms with Gasteiger partial charge in [0.1, 0.15) is 0 Å². The lowest BCUT2D eigenvalue weighted by molar-refractivity contribution is 0.445. The molecule has 4 heteroatoms. The molecule has 2 rings (SSSR count). The third kappa shape index (κ3) is 4.15. The summed E-state index contributed by atoms with van der Waals surface area (Å²) in [6, 6.07) is 15.7. The van der Waals surface area contributed by atoms with E-state index in [-0.39, 0.29) is 5.16 Å². The smallest absolute Gasteiger partial charge is 0.290 e. The van der Waals surface area contributed by atoms with E-state index in [4.69, 9.17) is 20.3 Å². The number of benzene rings is 2. The lowest BCUT2D eigenvalue weighted by Crippen LogP contribution is -2.24. The van der Waals surface area contributed by atoms with E-state index in [0.717, 1.165) is 22.6 Å². The van der Waals surface area contributed by atoms with Crippen molar-refractivity contribution in [1.82, 2.24) is 0 Å². The van der Waals surface area contributed by atoms with E-state index in [1.54, 1.807) is 0 Å². The summed E-state index contributed by atoms with van der Waals surface area (Å²) in [6.07, 6.45) is 0. The Kier molecular flexibility index (Phi) is 5.04. The molecular weight excluding hydrogens is 315 g/mol. The molecule has 0 spiro atoms. The molecule has 118 valence electrons. The zero-order valence-corrected chi connectivity index (χ0v) is 15.4. The zero-order chi connectivity index (χ0) is 16.4. The average molecular weight is 338 g/mol. The highest BCUT2D eigenvalue weighted by molar-refractivity contribution is 7.93. The van der Waals surface area contributed by atoms with Crippen molar-refractivity contribution < 1.29 is 9.05 Å². The van der Waals surface area contributed by atoms with Gasteiger partial charge in [0.05, 0.1) is 0 Å². The molecule has 2 aromatic rings. The van der Waals surface area contributed by atoms with Gasteiger partial charge in [0.15, 0.2) is 27.9 Å². The van der Waals surface area contributed by atoms with Gasteiger partial charge >= 0.3 is 7.07 Å². The minimum absolute atomic E-state index is 0.317. The molecule has 22 heavy (non-hydrogen) atoms. The summed E-state index contributed by atoms with van der Waals surface area (Å²) in [5.74, 6) is 1.48. The first kappa shape index (κ1) is 17.1. The summed E-state index contributed by atoms with van der Waals surface area (Å²) in [6.45, 7) is 10.2. The SMILES string of the molecule is Cc1cccc(O[P+](Cl)(Oc2cccc(C)c2)C(C)(C)C)c1. The van der Waals surface area contributed by atoms with Crippen LogP contribution in [-0.4, -0.2) is 5.16 Å². The maximum Gasteiger partial charge on any atom is 0.464 e. The van der Waals surface area contributed by atoms with Gasteiger partial charge in [-0.05, 0) is 70.0 Å². The summed E-state index contributed by atoms with van der Waals surface area (Å²) in [4.78, 5) is 0. The predicted octanol–water partition coefficient (Wildman–Crippen LogP) is 6.56. The molecule has 0 N–H and O–H groups in total. The van der Waals surface area contributed by atoms with Gasteiger partial charge in [-0.3, -0.25) is 9.05 Å². The van der Waals surface area contributed by atoms with Crippen LogP contribution < -0.4 is 9.05 Å². The van der Waals surface area contributed by atoms with Gasteiger partial charge in [-0.15, -0.1) is 0 Å². The molecule has 0 bridgehead atoms. The van der Waals surface area contributed by atoms with Crippen molar-refractivity contribution in [3.8, 4) is 11.5 Å². The van der Waals surface area contributed by atoms with E-state index in [1.165, 1.54) is 0 Å². The maximum atomic E-state index is 6.86. The molecule has 0 saturated carbocycles. The zero-order valence-electron chi connectivity index (χ0n) is 13.8. The molecule has 0 aromatic heterocycles. The van der Waals surface area contributed by atoms with Crippen LogP contribution in [0.2, 0.25) is 0 Å². The van der Waals surface area contributed by atoms with Crippen molar-refractivity contribution in [1.29, 1.82) is 0 Å². The van der Waals surface area contributed by atoms with Crippen LogP contribution in [0, 0.1) is 13.8 Å². The highest BCUT2D eigenvalue weighted by Gasteiger charge is 2.57. The Balaban J connectivity index is 2.32. The van der Waals surface area contributed by atoms with Crippen LogP contribution >= 0.6 is 18.3 Å². The Hall–Kier alpha value is -1.24. The predicted molar refractivity (Wildman–Crippen MR) is 96.1 cm³/mol. The number of hydrogen-bond donors (Lipinski definition) is 0. The van der Waals surface area contributed by atoms with Gasteiger partial charge in [-0.2, -0.15) is 0 Å². The number of halogens is 1. The molecule has 0 fully saturated rings. The van der Waals surface area contributed by atoms with Crippen LogP contribution in [0.25, 0.3) is 0 Å². The summed E-state index contributed by atoms with van der Waals surface area (Å²) in [5, 5.41) is -0.317. The van der Waals surface area contributed by atoms with Crippen molar-refractivity contribution in [3.63, 3.8) is 0 Å². The van der Waals surface area contributed by atoms with Gasteiger partial charge in [0.25, 0.3) is 0 Å². The van der Waals surface area contributed by atoms with E-state index in [2.05, 4.69) is 0 Å². The molecule has 0 heterocycles. The Labute approximate surface area is 138 Å². The standard InChI is InChI=1S/C18H23ClO2P/c1-14-8-6-10-16(12-14)20-22(19,18(3,4)5)21-17-11-7-9-15(2)13-17/h6-13H,1-5H3/q+1. The van der Waals surface area contributed by atoms with Crippen molar-refractivity contribution >= 4 is 18.3 Å². The largest absolute Gasteiger partial charge is 0.464 e. The molecule has 0 aliphatic heterocycles. The summed E-state index contributed by atoms with van der Waals surface area (Å²) < 4.78 is 12.3. The molecule has 0 unspecified atom stereocenters. The molecule has 0 saturated heterocycles. The number of rotatable bonds is 4. The molecule has 2 aromatic carbocycles. The fourth-order valence-corrected chi connectivity index (χ4v) is 3.74. The lowest BCUT2D eigenvalue weighted by Gasteiger charge is -2.27. The van der Waals surface area contributed by atoms with Crippen LogP contribution in [-0.2, 0) is 0 Å². The van der Waals surface area contributed by atoms with Gasteiger partial charge in [-0.25, -0.2) is 0 Å². The van der Waals surface area contributed by atoms with Crippen LogP contribution in [0.5, 0.6) is 11.5 Å². The molecule has 2 nitrogen and oxygen atoms in total. The molecule has 0 aliphatic carbocycles. The van der Waals surface area contributed by atoms with Crippen molar-refractivity contribution in [2.45, 2.75) is 39.8 Å². The van der Waals surface area contributed by atoms with Crippen LogP contribution in [0.4, 0.5) is 0 Å². The fraction of sp³-hybridized carbons (Fsp3) is 0.333. The Morgan fingerprint density at radius 3 is 1.55 bits per heavy atom. The highest BCUT2D eigenvalue weighted by Crippen LogP contribution is 2.73. The minimum atomic E-state index is -2.66. The van der Waals surface area contributed by atoms with Gasteiger partial charge in [-0.1, -0.05) is 24.3 Å². The van der Waals surface area contributed by atoms with Gasteiger partial charge < -0.3 is 0 Å². The fourth-order valence-electron chi connectivity index (χ4n) is 1.91. The summed E-state index contributed by atoms with van der Waals surface area (Å²) in [7, 11) is -2.66. The van der Waals surface area contributed by atoms with Crippen LogP contribution in [0.3, 0.4) is 0 Å². The lowest BCUT2D eigenvalue weighted by atomic mass is 10.2.